The van der Waals surface area contributed by atoms with Gasteiger partial charge in [-0.05, 0) is 56.2 Å². The van der Waals surface area contributed by atoms with Gasteiger partial charge in [0.15, 0.2) is 0 Å². The summed E-state index contributed by atoms with van der Waals surface area (Å²) in [6, 6.07) is 8.74. The monoisotopic (exact) mass is 394 g/mol. The first-order valence-corrected chi connectivity index (χ1v) is 9.57. The van der Waals surface area contributed by atoms with E-state index >= 15 is 0 Å². The van der Waals surface area contributed by atoms with Crippen LogP contribution in [0.15, 0.2) is 45.8 Å². The van der Waals surface area contributed by atoms with Crippen molar-refractivity contribution in [3.8, 4) is 11.1 Å². The van der Waals surface area contributed by atoms with Gasteiger partial charge in [-0.2, -0.15) is 0 Å². The highest BCUT2D eigenvalue weighted by molar-refractivity contribution is 7.92. The van der Waals surface area contributed by atoms with E-state index in [0.717, 1.165) is 11.6 Å². The zero-order chi connectivity index (χ0) is 19.1. The van der Waals surface area contributed by atoms with Gasteiger partial charge in [-0.3, -0.25) is 4.72 Å². The van der Waals surface area contributed by atoms with Crippen LogP contribution >= 0.6 is 11.6 Å². The zero-order valence-corrected chi connectivity index (χ0v) is 15.9. The second-order valence-electron chi connectivity index (χ2n) is 5.91. The van der Waals surface area contributed by atoms with E-state index in [4.69, 9.17) is 16.1 Å². The standard InChI is InChI=1S/C18H16ClFN2O3S/c1-10-4-5-13(18-11(2)21-25-12(18)3)8-17(10)26(23,24)22-14-6-7-16(20)15(19)9-14/h4-9,22H,1-3H3. The average molecular weight is 395 g/mol. The number of aromatic nitrogens is 1. The van der Waals surface area contributed by atoms with E-state index in [-0.39, 0.29) is 15.6 Å². The SMILES string of the molecule is Cc1ccc(-c2c(C)noc2C)cc1S(=O)(=O)Nc1ccc(F)c(Cl)c1. The number of nitrogens with one attached hydrogen (secondary N) is 1. The van der Waals surface area contributed by atoms with Crippen LogP contribution in [0.4, 0.5) is 10.1 Å². The van der Waals surface area contributed by atoms with Crippen LogP contribution in [0.3, 0.4) is 0 Å². The lowest BCUT2D eigenvalue weighted by atomic mass is 10.0. The quantitative estimate of drug-likeness (QED) is 0.685. The Morgan fingerprint density at radius 3 is 2.46 bits per heavy atom. The van der Waals surface area contributed by atoms with Crippen molar-refractivity contribution in [2.45, 2.75) is 25.7 Å². The molecule has 5 nitrogen and oxygen atoms in total. The van der Waals surface area contributed by atoms with Crippen LogP contribution in [-0.4, -0.2) is 13.6 Å². The molecule has 1 N–H and O–H groups in total. The molecule has 136 valence electrons. The highest BCUT2D eigenvalue weighted by Crippen LogP contribution is 2.31. The minimum atomic E-state index is -3.89. The lowest BCUT2D eigenvalue weighted by Crippen LogP contribution is -2.14. The summed E-state index contributed by atoms with van der Waals surface area (Å²) in [6.45, 7) is 5.25. The van der Waals surface area contributed by atoms with Crippen LogP contribution in [0.2, 0.25) is 5.02 Å². The summed E-state index contributed by atoms with van der Waals surface area (Å²) in [6.07, 6.45) is 0. The van der Waals surface area contributed by atoms with E-state index in [1.807, 2.05) is 6.07 Å². The van der Waals surface area contributed by atoms with Crippen molar-refractivity contribution in [3.63, 3.8) is 0 Å². The fourth-order valence-electron chi connectivity index (χ4n) is 2.71. The Balaban J connectivity index is 2.04. The minimum Gasteiger partial charge on any atom is -0.361 e. The van der Waals surface area contributed by atoms with Gasteiger partial charge < -0.3 is 4.52 Å². The largest absolute Gasteiger partial charge is 0.361 e. The van der Waals surface area contributed by atoms with Crippen molar-refractivity contribution in [3.05, 3.63) is 64.3 Å². The third-order valence-corrected chi connectivity index (χ3v) is 5.78. The Labute approximate surface area is 155 Å². The maximum atomic E-state index is 13.3. The van der Waals surface area contributed by atoms with Gasteiger partial charge in [-0.1, -0.05) is 28.9 Å². The predicted octanol–water partition coefficient (Wildman–Crippen LogP) is 4.86. The Kier molecular flexibility index (Phi) is 4.77. The van der Waals surface area contributed by atoms with Gasteiger partial charge in [-0.25, -0.2) is 12.8 Å². The molecule has 0 aliphatic rings. The number of anilines is 1. The first kappa shape index (κ1) is 18.4. The van der Waals surface area contributed by atoms with Crippen LogP contribution in [0, 0.1) is 26.6 Å². The summed E-state index contributed by atoms with van der Waals surface area (Å²) in [5, 5.41) is 3.74. The molecule has 1 aromatic heterocycles. The number of nitrogens with zero attached hydrogens (tertiary/aromatic N) is 1. The maximum absolute atomic E-state index is 13.3. The third-order valence-electron chi connectivity index (χ3n) is 3.97. The maximum Gasteiger partial charge on any atom is 0.262 e. The number of halogens is 2. The number of aryl methyl sites for hydroxylation is 3. The summed E-state index contributed by atoms with van der Waals surface area (Å²) < 4.78 is 46.5. The van der Waals surface area contributed by atoms with E-state index in [9.17, 15) is 12.8 Å². The molecular formula is C18H16ClFN2O3S. The average Bonchev–Trinajstić information content (AvgIpc) is 2.90. The van der Waals surface area contributed by atoms with Gasteiger partial charge in [0.05, 0.1) is 21.3 Å². The molecule has 0 spiro atoms. The topological polar surface area (TPSA) is 72.2 Å². The summed E-state index contributed by atoms with van der Waals surface area (Å²) in [5.41, 5.74) is 2.86. The second-order valence-corrected chi connectivity index (χ2v) is 7.97. The molecule has 0 unspecified atom stereocenters. The molecule has 2 aromatic carbocycles. The van der Waals surface area contributed by atoms with E-state index in [2.05, 4.69) is 9.88 Å². The Morgan fingerprint density at radius 2 is 1.85 bits per heavy atom. The molecule has 0 atom stereocenters. The van der Waals surface area contributed by atoms with Gasteiger partial charge in [-0.15, -0.1) is 0 Å². The van der Waals surface area contributed by atoms with Gasteiger partial charge >= 0.3 is 0 Å². The number of benzene rings is 2. The molecule has 0 radical (unpaired) electrons. The highest BCUT2D eigenvalue weighted by atomic mass is 35.5. The molecule has 0 fully saturated rings. The molecular weight excluding hydrogens is 379 g/mol. The van der Waals surface area contributed by atoms with Crippen molar-refractivity contribution in [1.82, 2.24) is 5.16 Å². The zero-order valence-electron chi connectivity index (χ0n) is 14.3. The second kappa shape index (κ2) is 6.74. The van der Waals surface area contributed by atoms with Crippen LogP contribution in [0.5, 0.6) is 0 Å². The molecule has 0 amide bonds. The highest BCUT2D eigenvalue weighted by Gasteiger charge is 2.20. The lowest BCUT2D eigenvalue weighted by Gasteiger charge is -2.12. The molecule has 0 saturated heterocycles. The first-order chi connectivity index (χ1) is 12.2. The van der Waals surface area contributed by atoms with Gasteiger partial charge in [0, 0.05) is 5.56 Å². The van der Waals surface area contributed by atoms with Crippen molar-refractivity contribution < 1.29 is 17.3 Å². The Morgan fingerprint density at radius 1 is 1.12 bits per heavy atom. The van der Waals surface area contributed by atoms with Crippen LogP contribution in [-0.2, 0) is 10.0 Å². The van der Waals surface area contributed by atoms with Crippen molar-refractivity contribution in [2.24, 2.45) is 0 Å². The summed E-state index contributed by atoms with van der Waals surface area (Å²) in [5.74, 6) is -0.0147. The van der Waals surface area contributed by atoms with Crippen LogP contribution in [0.1, 0.15) is 17.0 Å². The van der Waals surface area contributed by atoms with Crippen molar-refractivity contribution >= 4 is 27.3 Å². The first-order valence-electron chi connectivity index (χ1n) is 7.71. The smallest absolute Gasteiger partial charge is 0.262 e. The number of hydrogen-bond donors (Lipinski definition) is 1. The number of sulfonamides is 1. The normalized spacial score (nSPS) is 11.6. The van der Waals surface area contributed by atoms with Crippen LogP contribution < -0.4 is 4.72 Å². The predicted molar refractivity (Wildman–Crippen MR) is 98.4 cm³/mol. The third kappa shape index (κ3) is 3.45. The van der Waals surface area contributed by atoms with Crippen molar-refractivity contribution in [2.75, 3.05) is 4.72 Å². The summed E-state index contributed by atoms with van der Waals surface area (Å²) in [4.78, 5) is 0.107. The molecule has 3 aromatic rings. The van der Waals surface area contributed by atoms with E-state index in [0.29, 0.717) is 22.6 Å². The Bertz CT molecular complexity index is 1070. The Hall–Kier alpha value is -2.38. The fraction of sp³-hybridized carbons (Fsp3) is 0.167. The minimum absolute atomic E-state index is 0.107. The van der Waals surface area contributed by atoms with Crippen LogP contribution in [0.25, 0.3) is 11.1 Å². The van der Waals surface area contributed by atoms with E-state index in [1.165, 1.54) is 12.1 Å². The molecule has 8 heteroatoms. The molecule has 1 heterocycles. The summed E-state index contributed by atoms with van der Waals surface area (Å²) >= 11 is 5.72. The molecule has 3 rings (SSSR count). The summed E-state index contributed by atoms with van der Waals surface area (Å²) in [7, 11) is -3.89. The lowest BCUT2D eigenvalue weighted by molar-refractivity contribution is 0.393. The molecule has 0 bridgehead atoms. The van der Waals surface area contributed by atoms with Crippen molar-refractivity contribution in [1.29, 1.82) is 0 Å². The van der Waals surface area contributed by atoms with Gasteiger partial charge in [0.2, 0.25) is 0 Å². The molecule has 0 aliphatic carbocycles. The fourth-order valence-corrected chi connectivity index (χ4v) is 4.21. The van der Waals surface area contributed by atoms with Gasteiger partial charge in [0.1, 0.15) is 11.6 Å². The molecule has 0 aliphatic heterocycles. The van der Waals surface area contributed by atoms with Gasteiger partial charge in [0.25, 0.3) is 10.0 Å². The van der Waals surface area contributed by atoms with E-state index in [1.54, 1.807) is 32.9 Å². The number of hydrogen-bond acceptors (Lipinski definition) is 4. The van der Waals surface area contributed by atoms with E-state index < -0.39 is 15.8 Å². The number of rotatable bonds is 4. The molecule has 26 heavy (non-hydrogen) atoms. The molecule has 0 saturated carbocycles.